The van der Waals surface area contributed by atoms with E-state index in [1.807, 2.05) is 22.6 Å². The van der Waals surface area contributed by atoms with Crippen molar-refractivity contribution in [3.8, 4) is 0 Å². The first-order valence-corrected chi connectivity index (χ1v) is 4.18. The summed E-state index contributed by atoms with van der Waals surface area (Å²) in [5.41, 5.74) is -0.507. The molecule has 2 rings (SSSR count). The summed E-state index contributed by atoms with van der Waals surface area (Å²) in [6.07, 6.45) is 2.56. The Labute approximate surface area is 79.5 Å². The highest BCUT2D eigenvalue weighted by molar-refractivity contribution is 14.1. The van der Waals surface area contributed by atoms with Crippen LogP contribution in [0.5, 0.6) is 0 Å². The molecule has 0 aliphatic carbocycles. The van der Waals surface area contributed by atoms with Gasteiger partial charge in [-0.15, -0.1) is 0 Å². The molecule has 0 atom stereocenters. The predicted octanol–water partition coefficient (Wildman–Crippen LogP) is 0.766. The van der Waals surface area contributed by atoms with E-state index in [0.717, 1.165) is 6.20 Å². The van der Waals surface area contributed by atoms with Crippen LogP contribution in [0.3, 0.4) is 0 Å². The maximum Gasteiger partial charge on any atom is 0.277 e. The summed E-state index contributed by atoms with van der Waals surface area (Å²) < 4.78 is 14.7. The van der Waals surface area contributed by atoms with Gasteiger partial charge in [-0.25, -0.2) is 8.91 Å². The van der Waals surface area contributed by atoms with Crippen molar-refractivity contribution in [1.82, 2.24) is 14.6 Å². The smallest absolute Gasteiger partial charge is 0.277 e. The van der Waals surface area contributed by atoms with Gasteiger partial charge in [-0.05, 0) is 22.6 Å². The molecule has 1 N–H and O–H groups in total. The Kier molecular flexibility index (Phi) is 1.63. The Morgan fingerprint density at radius 2 is 2.42 bits per heavy atom. The molecule has 0 aliphatic rings. The lowest BCUT2D eigenvalue weighted by molar-refractivity contribution is 0.637. The van der Waals surface area contributed by atoms with Crippen LogP contribution in [0.4, 0.5) is 4.39 Å². The first-order valence-electron chi connectivity index (χ1n) is 3.10. The fourth-order valence-electron chi connectivity index (χ4n) is 0.959. The van der Waals surface area contributed by atoms with Crippen molar-refractivity contribution in [3.63, 3.8) is 0 Å². The Morgan fingerprint density at radius 3 is 3.17 bits per heavy atom. The Balaban J connectivity index is 3.03. The van der Waals surface area contributed by atoms with E-state index in [2.05, 4.69) is 10.1 Å². The van der Waals surface area contributed by atoms with Crippen LogP contribution < -0.4 is 5.56 Å². The van der Waals surface area contributed by atoms with Gasteiger partial charge >= 0.3 is 0 Å². The number of nitrogens with zero attached hydrogens (tertiary/aromatic N) is 2. The molecule has 2 aromatic heterocycles. The Morgan fingerprint density at radius 1 is 1.67 bits per heavy atom. The summed E-state index contributed by atoms with van der Waals surface area (Å²) in [4.78, 5) is 13.6. The molecule has 0 fully saturated rings. The number of fused-ring (bicyclic) bond motifs is 1. The average Bonchev–Trinajstić information content (AvgIpc) is 2.31. The number of aromatic amines is 1. The fourth-order valence-corrected chi connectivity index (χ4v) is 1.47. The monoisotopic (exact) mass is 279 g/mol. The van der Waals surface area contributed by atoms with E-state index in [-0.39, 0.29) is 5.52 Å². The molecule has 4 nitrogen and oxygen atoms in total. The van der Waals surface area contributed by atoms with Gasteiger partial charge in [-0.3, -0.25) is 4.79 Å². The average molecular weight is 279 g/mol. The van der Waals surface area contributed by atoms with E-state index >= 15 is 0 Å². The van der Waals surface area contributed by atoms with E-state index in [9.17, 15) is 9.18 Å². The van der Waals surface area contributed by atoms with E-state index in [0.29, 0.717) is 3.70 Å². The second-order valence-corrected chi connectivity index (χ2v) is 3.38. The van der Waals surface area contributed by atoms with E-state index in [4.69, 9.17) is 0 Å². The largest absolute Gasteiger partial charge is 0.314 e. The molecule has 0 aliphatic heterocycles. The van der Waals surface area contributed by atoms with Crippen LogP contribution >= 0.6 is 22.6 Å². The van der Waals surface area contributed by atoms with Crippen molar-refractivity contribution in [2.24, 2.45) is 0 Å². The third-order valence-corrected chi connectivity index (χ3v) is 1.98. The van der Waals surface area contributed by atoms with Crippen molar-refractivity contribution in [3.05, 3.63) is 32.3 Å². The minimum atomic E-state index is -0.604. The normalized spacial score (nSPS) is 10.8. The zero-order valence-electron chi connectivity index (χ0n) is 5.71. The van der Waals surface area contributed by atoms with Gasteiger partial charge in [0.15, 0.2) is 11.3 Å². The number of hydrogen-bond donors (Lipinski definition) is 1. The molecule has 0 bridgehead atoms. The van der Waals surface area contributed by atoms with Gasteiger partial charge in [-0.2, -0.15) is 5.10 Å². The number of aromatic nitrogens is 3. The van der Waals surface area contributed by atoms with Crippen LogP contribution in [0.15, 0.2) is 17.2 Å². The van der Waals surface area contributed by atoms with Gasteiger partial charge in [0.25, 0.3) is 5.56 Å². The topological polar surface area (TPSA) is 50.2 Å². The summed E-state index contributed by atoms with van der Waals surface area (Å²) in [7, 11) is 0. The summed E-state index contributed by atoms with van der Waals surface area (Å²) in [6, 6.07) is 0. The van der Waals surface area contributed by atoms with Crippen molar-refractivity contribution in [1.29, 1.82) is 0 Å². The third-order valence-electron chi connectivity index (χ3n) is 1.43. The molecule has 0 unspecified atom stereocenters. The van der Waals surface area contributed by atoms with Crippen LogP contribution in [-0.4, -0.2) is 14.6 Å². The number of nitrogens with one attached hydrogen (secondary N) is 1. The SMILES string of the molecule is O=c1[nH]c(I)cn2ncc(F)c12. The molecule has 0 saturated carbocycles. The molecule has 2 heterocycles. The maximum absolute atomic E-state index is 12.8. The van der Waals surface area contributed by atoms with Crippen LogP contribution in [0.1, 0.15) is 0 Å². The molecular weight excluding hydrogens is 276 g/mol. The second-order valence-electron chi connectivity index (χ2n) is 2.22. The number of H-pyrrole nitrogens is 1. The molecule has 0 saturated heterocycles. The van der Waals surface area contributed by atoms with E-state index in [1.165, 1.54) is 4.52 Å². The summed E-state index contributed by atoms with van der Waals surface area (Å²) in [5, 5.41) is 3.66. The van der Waals surface area contributed by atoms with E-state index < -0.39 is 11.4 Å². The van der Waals surface area contributed by atoms with E-state index in [1.54, 1.807) is 6.20 Å². The first-order chi connectivity index (χ1) is 5.68. The zero-order chi connectivity index (χ0) is 8.72. The maximum atomic E-state index is 12.8. The van der Waals surface area contributed by atoms with Crippen molar-refractivity contribution >= 4 is 28.1 Å². The summed E-state index contributed by atoms with van der Waals surface area (Å²) in [6.45, 7) is 0. The molecule has 12 heavy (non-hydrogen) atoms. The summed E-state index contributed by atoms with van der Waals surface area (Å²) in [5.74, 6) is -0.604. The van der Waals surface area contributed by atoms with Crippen LogP contribution in [-0.2, 0) is 0 Å². The molecule has 2 aromatic rings. The molecule has 62 valence electrons. The number of hydrogen-bond acceptors (Lipinski definition) is 2. The summed E-state index contributed by atoms with van der Waals surface area (Å²) >= 11 is 1.92. The minimum absolute atomic E-state index is 0.0459. The second kappa shape index (κ2) is 2.54. The molecule has 6 heteroatoms. The van der Waals surface area contributed by atoms with Crippen molar-refractivity contribution < 1.29 is 4.39 Å². The third kappa shape index (κ3) is 1.02. The van der Waals surface area contributed by atoms with Crippen LogP contribution in [0, 0.1) is 9.52 Å². The van der Waals surface area contributed by atoms with Gasteiger partial charge in [-0.1, -0.05) is 0 Å². The van der Waals surface area contributed by atoms with Gasteiger partial charge in [0.1, 0.15) is 0 Å². The van der Waals surface area contributed by atoms with Gasteiger partial charge in [0.2, 0.25) is 0 Å². The lowest BCUT2D eigenvalue weighted by atomic mass is 10.5. The highest BCUT2D eigenvalue weighted by atomic mass is 127. The zero-order valence-corrected chi connectivity index (χ0v) is 7.87. The molecule has 0 spiro atoms. The Bertz CT molecular complexity index is 489. The first kappa shape index (κ1) is 7.71. The Hall–Kier alpha value is -0.920. The van der Waals surface area contributed by atoms with Crippen LogP contribution in [0.2, 0.25) is 0 Å². The molecule has 0 amide bonds. The highest BCUT2D eigenvalue weighted by Gasteiger charge is 2.07. The standard InChI is InChI=1S/C6H3FIN3O/c7-3-1-9-11-2-4(8)10-6(12)5(3)11/h1-2H,(H,10,12). The molecule has 0 radical (unpaired) electrons. The van der Waals surface area contributed by atoms with Crippen LogP contribution in [0.25, 0.3) is 5.52 Å². The number of halogens is 2. The predicted molar refractivity (Wildman–Crippen MR) is 48.5 cm³/mol. The van der Waals surface area contributed by atoms with Crippen molar-refractivity contribution in [2.75, 3.05) is 0 Å². The van der Waals surface area contributed by atoms with Gasteiger partial charge in [0.05, 0.1) is 16.1 Å². The van der Waals surface area contributed by atoms with Gasteiger partial charge in [0, 0.05) is 0 Å². The highest BCUT2D eigenvalue weighted by Crippen LogP contribution is 2.04. The lowest BCUT2D eigenvalue weighted by Crippen LogP contribution is -2.11. The molecule has 0 aromatic carbocycles. The van der Waals surface area contributed by atoms with Gasteiger partial charge < -0.3 is 4.98 Å². The number of rotatable bonds is 0. The fraction of sp³-hybridized carbons (Fsp3) is 0. The van der Waals surface area contributed by atoms with Crippen molar-refractivity contribution in [2.45, 2.75) is 0 Å². The molecular formula is C6H3FIN3O. The quantitative estimate of drug-likeness (QED) is 0.724. The lowest BCUT2D eigenvalue weighted by Gasteiger charge is -1.92. The minimum Gasteiger partial charge on any atom is -0.314 e.